The summed E-state index contributed by atoms with van der Waals surface area (Å²) in [4.78, 5) is 0. The summed E-state index contributed by atoms with van der Waals surface area (Å²) in [6.07, 6.45) is 0. The molecule has 0 aliphatic carbocycles. The molecule has 2 N–H and O–H groups in total. The van der Waals surface area contributed by atoms with Crippen LogP contribution < -0.4 is 5.32 Å². The second kappa shape index (κ2) is 5.91. The molecule has 0 bridgehead atoms. The number of benzene rings is 1. The summed E-state index contributed by atoms with van der Waals surface area (Å²) < 4.78 is 12.7. The maximum atomic E-state index is 12.7. The summed E-state index contributed by atoms with van der Waals surface area (Å²) in [5.74, 6) is -0.277. The molecule has 0 aromatic heterocycles. The number of halogens is 2. The van der Waals surface area contributed by atoms with Crippen LogP contribution in [-0.4, -0.2) is 18.8 Å². The van der Waals surface area contributed by atoms with Gasteiger partial charge in [0.15, 0.2) is 0 Å². The predicted octanol–water partition coefficient (Wildman–Crippen LogP) is 1.50. The van der Waals surface area contributed by atoms with Crippen LogP contribution in [0.15, 0.2) is 24.3 Å². The lowest BCUT2D eigenvalue weighted by atomic mass is 10.1. The first-order valence-corrected chi connectivity index (χ1v) is 3.81. The minimum Gasteiger partial charge on any atom is -0.394 e. The Morgan fingerprint density at radius 1 is 1.54 bits per heavy atom. The zero-order valence-corrected chi connectivity index (χ0v) is 8.14. The van der Waals surface area contributed by atoms with Gasteiger partial charge in [0.05, 0.1) is 12.6 Å². The van der Waals surface area contributed by atoms with E-state index in [4.69, 9.17) is 5.11 Å². The van der Waals surface area contributed by atoms with E-state index < -0.39 is 0 Å². The van der Waals surface area contributed by atoms with Crippen molar-refractivity contribution in [1.82, 2.24) is 5.32 Å². The Bertz CT molecular complexity index is 253. The van der Waals surface area contributed by atoms with Gasteiger partial charge in [-0.25, -0.2) is 4.39 Å². The summed E-state index contributed by atoms with van der Waals surface area (Å²) >= 11 is 0. The third kappa shape index (κ3) is 3.30. The molecule has 0 saturated carbocycles. The molecule has 1 rings (SSSR count). The first kappa shape index (κ1) is 12.4. The lowest BCUT2D eigenvalue weighted by molar-refractivity contribution is 0.250. The molecule has 0 spiro atoms. The van der Waals surface area contributed by atoms with Gasteiger partial charge in [-0.15, -0.1) is 12.4 Å². The molecule has 1 unspecified atom stereocenters. The molecule has 0 fully saturated rings. The second-order valence-corrected chi connectivity index (χ2v) is 2.58. The Morgan fingerprint density at radius 2 is 2.23 bits per heavy atom. The molecule has 1 aromatic carbocycles. The van der Waals surface area contributed by atoms with Crippen molar-refractivity contribution in [1.29, 1.82) is 0 Å². The molecular formula is C9H13ClFNO. The number of hydrogen-bond acceptors (Lipinski definition) is 2. The number of rotatable bonds is 3. The topological polar surface area (TPSA) is 32.3 Å². The van der Waals surface area contributed by atoms with Crippen LogP contribution in [0.1, 0.15) is 11.6 Å². The molecule has 74 valence electrons. The van der Waals surface area contributed by atoms with Gasteiger partial charge < -0.3 is 10.4 Å². The largest absolute Gasteiger partial charge is 0.394 e. The van der Waals surface area contributed by atoms with Crippen LogP contribution >= 0.6 is 12.4 Å². The average molecular weight is 206 g/mol. The minimum absolute atomic E-state index is 0. The Morgan fingerprint density at radius 3 is 2.69 bits per heavy atom. The van der Waals surface area contributed by atoms with E-state index in [1.54, 1.807) is 19.2 Å². The number of hydrogen-bond donors (Lipinski definition) is 2. The van der Waals surface area contributed by atoms with E-state index in [0.29, 0.717) is 0 Å². The van der Waals surface area contributed by atoms with E-state index in [-0.39, 0.29) is 30.9 Å². The first-order valence-electron chi connectivity index (χ1n) is 3.81. The molecule has 0 amide bonds. The smallest absolute Gasteiger partial charge is 0.123 e. The molecule has 0 radical (unpaired) electrons. The predicted molar refractivity (Wildman–Crippen MR) is 52.5 cm³/mol. The molecule has 1 aromatic rings. The standard InChI is InChI=1S/C9H12FNO.ClH/c1-11-9(6-12)7-3-2-4-8(10)5-7;/h2-5,9,11-12H,6H2,1H3;1H. The molecule has 0 aliphatic heterocycles. The summed E-state index contributed by atoms with van der Waals surface area (Å²) in [7, 11) is 1.73. The Kier molecular flexibility index (Phi) is 5.62. The van der Waals surface area contributed by atoms with Crippen molar-refractivity contribution in [3.8, 4) is 0 Å². The van der Waals surface area contributed by atoms with Crippen LogP contribution in [0, 0.1) is 5.82 Å². The number of likely N-dealkylation sites (N-methyl/N-ethyl adjacent to an activating group) is 1. The highest BCUT2D eigenvalue weighted by molar-refractivity contribution is 5.85. The van der Waals surface area contributed by atoms with Crippen molar-refractivity contribution >= 4 is 12.4 Å². The fourth-order valence-corrected chi connectivity index (χ4v) is 1.09. The zero-order valence-electron chi connectivity index (χ0n) is 7.33. The van der Waals surface area contributed by atoms with Crippen molar-refractivity contribution in [2.45, 2.75) is 6.04 Å². The number of aliphatic hydroxyl groups excluding tert-OH is 1. The Hall–Kier alpha value is -0.640. The van der Waals surface area contributed by atoms with E-state index in [1.165, 1.54) is 12.1 Å². The lowest BCUT2D eigenvalue weighted by Crippen LogP contribution is -2.19. The van der Waals surface area contributed by atoms with E-state index >= 15 is 0 Å². The van der Waals surface area contributed by atoms with E-state index in [0.717, 1.165) is 5.56 Å². The lowest BCUT2D eigenvalue weighted by Gasteiger charge is -2.12. The van der Waals surface area contributed by atoms with Crippen LogP contribution in [0.3, 0.4) is 0 Å². The summed E-state index contributed by atoms with van der Waals surface area (Å²) in [5.41, 5.74) is 0.764. The van der Waals surface area contributed by atoms with Crippen LogP contribution in [-0.2, 0) is 0 Å². The van der Waals surface area contributed by atoms with Gasteiger partial charge in [0.2, 0.25) is 0 Å². The van der Waals surface area contributed by atoms with Gasteiger partial charge >= 0.3 is 0 Å². The molecule has 4 heteroatoms. The third-order valence-corrected chi connectivity index (χ3v) is 1.78. The van der Waals surface area contributed by atoms with Gasteiger partial charge in [-0.2, -0.15) is 0 Å². The highest BCUT2D eigenvalue weighted by atomic mass is 35.5. The average Bonchev–Trinajstić information content (AvgIpc) is 2.07. The molecular weight excluding hydrogens is 193 g/mol. The van der Waals surface area contributed by atoms with Crippen LogP contribution in [0.2, 0.25) is 0 Å². The normalized spacial score (nSPS) is 11.9. The first-order chi connectivity index (χ1) is 5.77. The molecule has 2 nitrogen and oxygen atoms in total. The van der Waals surface area contributed by atoms with Crippen LogP contribution in [0.25, 0.3) is 0 Å². The second-order valence-electron chi connectivity index (χ2n) is 2.58. The number of nitrogens with one attached hydrogen (secondary N) is 1. The zero-order chi connectivity index (χ0) is 8.97. The number of aliphatic hydroxyl groups is 1. The molecule has 0 aliphatic rings. The van der Waals surface area contributed by atoms with Crippen molar-refractivity contribution in [2.24, 2.45) is 0 Å². The van der Waals surface area contributed by atoms with Crippen molar-refractivity contribution < 1.29 is 9.50 Å². The monoisotopic (exact) mass is 205 g/mol. The molecule has 0 heterocycles. The van der Waals surface area contributed by atoms with E-state index in [1.807, 2.05) is 0 Å². The quantitative estimate of drug-likeness (QED) is 0.784. The summed E-state index contributed by atoms with van der Waals surface area (Å²) in [6, 6.07) is 6.02. The fraction of sp³-hybridized carbons (Fsp3) is 0.333. The van der Waals surface area contributed by atoms with Crippen LogP contribution in [0.4, 0.5) is 4.39 Å². The highest BCUT2D eigenvalue weighted by Gasteiger charge is 2.06. The van der Waals surface area contributed by atoms with Gasteiger partial charge in [-0.05, 0) is 24.7 Å². The minimum atomic E-state index is -0.277. The van der Waals surface area contributed by atoms with Gasteiger partial charge in [0.1, 0.15) is 5.82 Å². The fourth-order valence-electron chi connectivity index (χ4n) is 1.09. The molecule has 1 atom stereocenters. The van der Waals surface area contributed by atoms with E-state index in [2.05, 4.69) is 5.32 Å². The van der Waals surface area contributed by atoms with Gasteiger partial charge in [0, 0.05) is 0 Å². The summed E-state index contributed by atoms with van der Waals surface area (Å²) in [5, 5.41) is 11.8. The van der Waals surface area contributed by atoms with Crippen molar-refractivity contribution in [2.75, 3.05) is 13.7 Å². The van der Waals surface area contributed by atoms with Crippen molar-refractivity contribution in [3.63, 3.8) is 0 Å². The SMILES string of the molecule is CNC(CO)c1cccc(F)c1.Cl. The highest BCUT2D eigenvalue weighted by Crippen LogP contribution is 2.12. The maximum absolute atomic E-state index is 12.7. The van der Waals surface area contributed by atoms with Gasteiger partial charge in [0.25, 0.3) is 0 Å². The molecule has 0 saturated heterocycles. The van der Waals surface area contributed by atoms with Crippen molar-refractivity contribution in [3.05, 3.63) is 35.6 Å². The summed E-state index contributed by atoms with van der Waals surface area (Å²) in [6.45, 7) is -0.0278. The van der Waals surface area contributed by atoms with Gasteiger partial charge in [-0.1, -0.05) is 12.1 Å². The molecule has 13 heavy (non-hydrogen) atoms. The third-order valence-electron chi connectivity index (χ3n) is 1.78. The Labute approximate surface area is 83.2 Å². The van der Waals surface area contributed by atoms with Gasteiger partial charge in [-0.3, -0.25) is 0 Å². The van der Waals surface area contributed by atoms with Crippen LogP contribution in [0.5, 0.6) is 0 Å². The maximum Gasteiger partial charge on any atom is 0.123 e. The van der Waals surface area contributed by atoms with E-state index in [9.17, 15) is 4.39 Å². The Balaban J connectivity index is 0.00000144.